The van der Waals surface area contributed by atoms with E-state index >= 15 is 0 Å². The number of aromatic nitrogens is 3. The summed E-state index contributed by atoms with van der Waals surface area (Å²) in [6.07, 6.45) is 7.51. The SMILES string of the molecule is O=C(NCCOC1CCCC1)c1n[nH]c(C2CC2)n1. The van der Waals surface area contributed by atoms with Crippen molar-refractivity contribution < 1.29 is 9.53 Å². The number of aromatic amines is 1. The van der Waals surface area contributed by atoms with Crippen LogP contribution in [0.2, 0.25) is 0 Å². The van der Waals surface area contributed by atoms with Crippen molar-refractivity contribution in [1.82, 2.24) is 20.5 Å². The fraction of sp³-hybridized carbons (Fsp3) is 0.769. The highest BCUT2D eigenvalue weighted by atomic mass is 16.5. The third-order valence-corrected chi connectivity index (χ3v) is 3.71. The summed E-state index contributed by atoms with van der Waals surface area (Å²) in [4.78, 5) is 16.0. The molecule has 1 aromatic heterocycles. The zero-order chi connectivity index (χ0) is 13.1. The van der Waals surface area contributed by atoms with Crippen molar-refractivity contribution in [2.45, 2.75) is 50.5 Å². The first kappa shape index (κ1) is 12.6. The van der Waals surface area contributed by atoms with Crippen LogP contribution in [0.3, 0.4) is 0 Å². The summed E-state index contributed by atoms with van der Waals surface area (Å²) >= 11 is 0. The van der Waals surface area contributed by atoms with Gasteiger partial charge in [-0.2, -0.15) is 0 Å². The van der Waals surface area contributed by atoms with Crippen LogP contribution in [0.1, 0.15) is 60.9 Å². The molecule has 2 saturated carbocycles. The molecule has 0 spiro atoms. The van der Waals surface area contributed by atoms with Gasteiger partial charge in [-0.15, -0.1) is 5.10 Å². The first-order valence-electron chi connectivity index (χ1n) is 7.15. The van der Waals surface area contributed by atoms with Crippen LogP contribution in [0.5, 0.6) is 0 Å². The lowest BCUT2D eigenvalue weighted by Crippen LogP contribution is -2.29. The monoisotopic (exact) mass is 264 g/mol. The van der Waals surface area contributed by atoms with Gasteiger partial charge in [0.25, 0.3) is 5.91 Å². The predicted octanol–water partition coefficient (Wildman–Crippen LogP) is 1.37. The van der Waals surface area contributed by atoms with Crippen LogP contribution in [-0.4, -0.2) is 40.3 Å². The van der Waals surface area contributed by atoms with Gasteiger partial charge in [0.1, 0.15) is 5.82 Å². The first-order chi connectivity index (χ1) is 9.33. The van der Waals surface area contributed by atoms with Crippen molar-refractivity contribution in [2.24, 2.45) is 0 Å². The molecule has 6 nitrogen and oxygen atoms in total. The van der Waals surface area contributed by atoms with E-state index in [1.807, 2.05) is 0 Å². The fourth-order valence-electron chi connectivity index (χ4n) is 2.44. The largest absolute Gasteiger partial charge is 0.376 e. The van der Waals surface area contributed by atoms with E-state index in [-0.39, 0.29) is 11.7 Å². The number of rotatable bonds is 6. The summed E-state index contributed by atoms with van der Waals surface area (Å²) in [5, 5.41) is 9.56. The molecule has 3 rings (SSSR count). The fourth-order valence-corrected chi connectivity index (χ4v) is 2.44. The second-order valence-corrected chi connectivity index (χ2v) is 5.35. The number of nitrogens with one attached hydrogen (secondary N) is 2. The molecule has 0 bridgehead atoms. The number of carbonyl (C=O) groups is 1. The summed E-state index contributed by atoms with van der Waals surface area (Å²) in [7, 11) is 0. The Kier molecular flexibility index (Phi) is 3.77. The maximum atomic E-state index is 11.8. The van der Waals surface area contributed by atoms with Gasteiger partial charge in [-0.1, -0.05) is 12.8 Å². The zero-order valence-corrected chi connectivity index (χ0v) is 11.0. The van der Waals surface area contributed by atoms with E-state index in [9.17, 15) is 4.79 Å². The Balaban J connectivity index is 1.37. The van der Waals surface area contributed by atoms with Gasteiger partial charge in [-0.25, -0.2) is 4.98 Å². The standard InChI is InChI=1S/C13H20N4O2/c18-13(12-15-11(16-17-12)9-5-6-9)14-7-8-19-10-3-1-2-4-10/h9-10H,1-8H2,(H,14,18)(H,15,16,17). The molecule has 1 aromatic rings. The van der Waals surface area contributed by atoms with Gasteiger partial charge in [0.05, 0.1) is 12.7 Å². The molecule has 0 aromatic carbocycles. The summed E-state index contributed by atoms with van der Waals surface area (Å²) in [5.74, 6) is 1.34. The Morgan fingerprint density at radius 3 is 2.84 bits per heavy atom. The molecular weight excluding hydrogens is 244 g/mol. The van der Waals surface area contributed by atoms with E-state index in [1.165, 1.54) is 12.8 Å². The molecule has 19 heavy (non-hydrogen) atoms. The van der Waals surface area contributed by atoms with Gasteiger partial charge in [0.15, 0.2) is 0 Å². The Bertz CT molecular complexity index is 436. The topological polar surface area (TPSA) is 79.9 Å². The maximum Gasteiger partial charge on any atom is 0.291 e. The van der Waals surface area contributed by atoms with Crippen LogP contribution in [0.15, 0.2) is 0 Å². The van der Waals surface area contributed by atoms with Gasteiger partial charge in [-0.3, -0.25) is 9.89 Å². The highest BCUT2D eigenvalue weighted by Gasteiger charge is 2.28. The van der Waals surface area contributed by atoms with Crippen molar-refractivity contribution in [3.8, 4) is 0 Å². The minimum Gasteiger partial charge on any atom is -0.376 e. The smallest absolute Gasteiger partial charge is 0.291 e. The van der Waals surface area contributed by atoms with E-state index in [1.54, 1.807) is 0 Å². The Labute approximate surface area is 112 Å². The molecule has 1 heterocycles. The van der Waals surface area contributed by atoms with Crippen LogP contribution in [0, 0.1) is 0 Å². The minimum absolute atomic E-state index is 0.224. The molecule has 0 unspecified atom stereocenters. The van der Waals surface area contributed by atoms with E-state index in [0.29, 0.717) is 25.2 Å². The van der Waals surface area contributed by atoms with Crippen molar-refractivity contribution in [3.63, 3.8) is 0 Å². The van der Waals surface area contributed by atoms with Crippen molar-refractivity contribution in [2.75, 3.05) is 13.2 Å². The maximum absolute atomic E-state index is 11.8. The van der Waals surface area contributed by atoms with Gasteiger partial charge >= 0.3 is 0 Å². The third-order valence-electron chi connectivity index (χ3n) is 3.71. The van der Waals surface area contributed by atoms with Crippen LogP contribution < -0.4 is 5.32 Å². The lowest BCUT2D eigenvalue weighted by atomic mass is 10.3. The minimum atomic E-state index is -0.224. The van der Waals surface area contributed by atoms with Gasteiger partial charge in [0, 0.05) is 12.5 Å². The lowest BCUT2D eigenvalue weighted by molar-refractivity contribution is 0.0580. The first-order valence-corrected chi connectivity index (χ1v) is 7.15. The highest BCUT2D eigenvalue weighted by Crippen LogP contribution is 2.37. The molecule has 2 fully saturated rings. The molecule has 0 atom stereocenters. The second kappa shape index (κ2) is 5.69. The summed E-state index contributed by atoms with van der Waals surface area (Å²) in [6.45, 7) is 1.08. The number of amides is 1. The predicted molar refractivity (Wildman–Crippen MR) is 68.9 cm³/mol. The second-order valence-electron chi connectivity index (χ2n) is 5.35. The molecule has 2 aliphatic carbocycles. The summed E-state index contributed by atoms with van der Waals surface area (Å²) < 4.78 is 5.68. The molecule has 0 saturated heterocycles. The average molecular weight is 264 g/mol. The number of hydrogen-bond donors (Lipinski definition) is 2. The van der Waals surface area contributed by atoms with E-state index in [0.717, 1.165) is 31.5 Å². The van der Waals surface area contributed by atoms with Crippen molar-refractivity contribution >= 4 is 5.91 Å². The van der Waals surface area contributed by atoms with Crippen molar-refractivity contribution in [1.29, 1.82) is 0 Å². The van der Waals surface area contributed by atoms with E-state index in [2.05, 4.69) is 20.5 Å². The number of carbonyl (C=O) groups excluding carboxylic acids is 1. The zero-order valence-electron chi connectivity index (χ0n) is 11.0. The molecule has 104 valence electrons. The van der Waals surface area contributed by atoms with Gasteiger partial charge in [-0.05, 0) is 25.7 Å². The Morgan fingerprint density at radius 2 is 2.11 bits per heavy atom. The number of H-pyrrole nitrogens is 1. The highest BCUT2D eigenvalue weighted by molar-refractivity contribution is 5.90. The Morgan fingerprint density at radius 1 is 1.32 bits per heavy atom. The molecule has 0 aliphatic heterocycles. The van der Waals surface area contributed by atoms with Crippen molar-refractivity contribution in [3.05, 3.63) is 11.6 Å². The average Bonchev–Trinajstić information content (AvgIpc) is 2.95. The molecule has 2 aliphatic rings. The number of ether oxygens (including phenoxy) is 1. The van der Waals surface area contributed by atoms with E-state index in [4.69, 9.17) is 4.74 Å². The van der Waals surface area contributed by atoms with Crippen LogP contribution in [-0.2, 0) is 4.74 Å². The molecule has 1 amide bonds. The van der Waals surface area contributed by atoms with Crippen LogP contribution in [0.25, 0.3) is 0 Å². The lowest BCUT2D eigenvalue weighted by Gasteiger charge is -2.10. The third kappa shape index (κ3) is 3.32. The van der Waals surface area contributed by atoms with Crippen LogP contribution >= 0.6 is 0 Å². The summed E-state index contributed by atoms with van der Waals surface area (Å²) in [6, 6.07) is 0. The quantitative estimate of drug-likeness (QED) is 0.760. The Hall–Kier alpha value is -1.43. The molecule has 0 radical (unpaired) electrons. The molecule has 6 heteroatoms. The van der Waals surface area contributed by atoms with Gasteiger partial charge < -0.3 is 10.1 Å². The normalized spacial score (nSPS) is 19.8. The molecular formula is C13H20N4O2. The van der Waals surface area contributed by atoms with Gasteiger partial charge in [0.2, 0.25) is 5.82 Å². The van der Waals surface area contributed by atoms with E-state index < -0.39 is 0 Å². The number of nitrogens with zero attached hydrogens (tertiary/aromatic N) is 2. The van der Waals surface area contributed by atoms with Crippen LogP contribution in [0.4, 0.5) is 0 Å². The molecule has 2 N–H and O–H groups in total. The number of hydrogen-bond acceptors (Lipinski definition) is 4. The summed E-state index contributed by atoms with van der Waals surface area (Å²) in [5.41, 5.74) is 0.